The van der Waals surface area contributed by atoms with Gasteiger partial charge in [-0.25, -0.2) is 0 Å². The molecule has 4 aromatic rings. The zero-order chi connectivity index (χ0) is 29.6. The second-order valence-electron chi connectivity index (χ2n) is 10.5. The molecule has 0 saturated carbocycles. The van der Waals surface area contributed by atoms with E-state index in [1.807, 2.05) is 43.3 Å². The maximum Gasteiger partial charge on any atom is 0.166 e. The average Bonchev–Trinajstić information content (AvgIpc) is 3.00. The molecule has 218 valence electrons. The highest BCUT2D eigenvalue weighted by molar-refractivity contribution is 6.00. The van der Waals surface area contributed by atoms with Crippen LogP contribution in [0.15, 0.2) is 113 Å². The van der Waals surface area contributed by atoms with Crippen molar-refractivity contribution in [1.82, 2.24) is 9.80 Å². The van der Waals surface area contributed by atoms with Crippen LogP contribution in [-0.2, 0) is 26.2 Å². The van der Waals surface area contributed by atoms with Gasteiger partial charge in [0.15, 0.2) is 11.5 Å². The van der Waals surface area contributed by atoms with Crippen molar-refractivity contribution >= 4 is 11.9 Å². The summed E-state index contributed by atoms with van der Waals surface area (Å²) in [4.78, 5) is 16.7. The van der Waals surface area contributed by atoms with Gasteiger partial charge in [-0.3, -0.25) is 9.80 Å². The van der Waals surface area contributed by atoms with Gasteiger partial charge in [0, 0.05) is 49.6 Å². The molecular weight excluding hydrogens is 520 g/mol. The third-order valence-corrected chi connectivity index (χ3v) is 6.82. The molecule has 0 aliphatic rings. The summed E-state index contributed by atoms with van der Waals surface area (Å²) in [6.45, 7) is 7.13. The van der Waals surface area contributed by atoms with Crippen molar-refractivity contribution in [1.29, 1.82) is 0 Å². The molecule has 6 nitrogen and oxygen atoms in total. The van der Waals surface area contributed by atoms with Crippen LogP contribution in [0.2, 0.25) is 0 Å². The first-order valence-corrected chi connectivity index (χ1v) is 14.6. The van der Waals surface area contributed by atoms with E-state index in [4.69, 9.17) is 9.68 Å². The normalized spacial score (nSPS) is 11.9. The topological polar surface area (TPSA) is 49.7 Å². The Bertz CT molecular complexity index is 1420. The number of benzene rings is 4. The number of hydrogen-bond donors (Lipinski definition) is 0. The quantitative estimate of drug-likeness (QED) is 0.109. The Kier molecular flexibility index (Phi) is 11.9. The molecule has 42 heavy (non-hydrogen) atoms. The van der Waals surface area contributed by atoms with Gasteiger partial charge in [0.25, 0.3) is 0 Å². The van der Waals surface area contributed by atoms with Crippen LogP contribution in [-0.4, -0.2) is 35.8 Å². The van der Waals surface area contributed by atoms with Crippen LogP contribution >= 0.6 is 0 Å². The van der Waals surface area contributed by atoms with Gasteiger partial charge in [-0.2, -0.15) is 0 Å². The van der Waals surface area contributed by atoms with E-state index in [1.165, 1.54) is 11.1 Å². The number of nitrogens with zero attached hydrogens (tertiary/aromatic N) is 4. The lowest BCUT2D eigenvalue weighted by atomic mass is 10.1. The molecule has 0 N–H and O–H groups in total. The molecule has 0 aliphatic carbocycles. The molecule has 0 radical (unpaired) electrons. The van der Waals surface area contributed by atoms with Crippen molar-refractivity contribution in [3.8, 4) is 11.5 Å². The molecule has 4 rings (SSSR count). The van der Waals surface area contributed by atoms with E-state index in [1.54, 1.807) is 6.21 Å². The number of rotatable bonds is 15. The van der Waals surface area contributed by atoms with Gasteiger partial charge in [-0.1, -0.05) is 115 Å². The van der Waals surface area contributed by atoms with Crippen LogP contribution in [0.4, 0.5) is 0 Å². The summed E-state index contributed by atoms with van der Waals surface area (Å²) in [5, 5.41) is 8.83. The van der Waals surface area contributed by atoms with E-state index in [0.717, 1.165) is 48.3 Å². The van der Waals surface area contributed by atoms with Gasteiger partial charge in [0.05, 0.1) is 5.71 Å². The summed E-state index contributed by atoms with van der Waals surface area (Å²) in [6.07, 6.45) is 3.30. The molecule has 0 saturated heterocycles. The molecule has 0 unspecified atom stereocenters. The van der Waals surface area contributed by atoms with Gasteiger partial charge < -0.3 is 9.68 Å². The van der Waals surface area contributed by atoms with Crippen molar-refractivity contribution in [3.63, 3.8) is 0 Å². The van der Waals surface area contributed by atoms with Gasteiger partial charge in [-0.15, -0.1) is 0 Å². The van der Waals surface area contributed by atoms with Gasteiger partial charge >= 0.3 is 0 Å². The Morgan fingerprint density at radius 1 is 0.643 bits per heavy atom. The Balaban J connectivity index is 1.67. The summed E-state index contributed by atoms with van der Waals surface area (Å²) < 4.78 is 0. The van der Waals surface area contributed by atoms with E-state index in [9.17, 15) is 0 Å². The monoisotopic (exact) mass is 562 g/mol. The van der Waals surface area contributed by atoms with E-state index in [0.29, 0.717) is 24.6 Å². The third kappa shape index (κ3) is 9.40. The van der Waals surface area contributed by atoms with Crippen molar-refractivity contribution in [2.45, 2.75) is 52.9 Å². The Morgan fingerprint density at radius 3 is 1.64 bits per heavy atom. The fourth-order valence-electron chi connectivity index (χ4n) is 4.78. The molecule has 0 aromatic heterocycles. The Hall–Kier alpha value is -4.26. The Labute approximate surface area is 250 Å². The SMILES string of the molecule is CC/C=N/Oc1cc(O/N=C(\CC)c2ccccc2)c(CN(C)Cc2ccccc2)cc1CN(C)Cc1ccccc1. The summed E-state index contributed by atoms with van der Waals surface area (Å²) in [7, 11) is 4.24. The first-order chi connectivity index (χ1) is 20.6. The molecule has 0 aliphatic heterocycles. The minimum atomic E-state index is 0.660. The fourth-order valence-corrected chi connectivity index (χ4v) is 4.78. The van der Waals surface area contributed by atoms with E-state index in [-0.39, 0.29) is 0 Å². The zero-order valence-electron chi connectivity index (χ0n) is 25.2. The van der Waals surface area contributed by atoms with Crippen LogP contribution in [0.5, 0.6) is 11.5 Å². The van der Waals surface area contributed by atoms with Gasteiger partial charge in [0.1, 0.15) is 0 Å². The molecule has 6 heteroatoms. The lowest BCUT2D eigenvalue weighted by molar-refractivity contribution is 0.284. The van der Waals surface area contributed by atoms with Crippen LogP contribution in [0.1, 0.15) is 54.5 Å². The van der Waals surface area contributed by atoms with Crippen LogP contribution in [0, 0.1) is 0 Å². The molecule has 0 heterocycles. The highest BCUT2D eigenvalue weighted by atomic mass is 16.6. The molecular formula is C36H42N4O2. The predicted octanol–water partition coefficient (Wildman–Crippen LogP) is 7.92. The lowest BCUT2D eigenvalue weighted by Gasteiger charge is -2.22. The first kappa shape index (κ1) is 30.7. The van der Waals surface area contributed by atoms with Crippen LogP contribution < -0.4 is 9.68 Å². The summed E-state index contributed by atoms with van der Waals surface area (Å²) in [5.74, 6) is 1.32. The summed E-state index contributed by atoms with van der Waals surface area (Å²) in [5.41, 5.74) is 6.53. The molecule has 0 bridgehead atoms. The fraction of sp³-hybridized carbons (Fsp3) is 0.278. The highest BCUT2D eigenvalue weighted by Crippen LogP contribution is 2.32. The average molecular weight is 563 g/mol. The number of hydrogen-bond acceptors (Lipinski definition) is 6. The highest BCUT2D eigenvalue weighted by Gasteiger charge is 2.17. The third-order valence-electron chi connectivity index (χ3n) is 6.82. The number of oxime groups is 2. The maximum atomic E-state index is 6.21. The molecule has 0 spiro atoms. The van der Waals surface area contributed by atoms with E-state index < -0.39 is 0 Å². The standard InChI is InChI=1S/C36H42N4O2/c1-5-22-37-41-35-24-36(42-38-34(6-2)31-20-14-9-15-21-31)33(28-40(4)26-30-18-12-8-13-19-30)23-32(35)27-39(3)25-29-16-10-7-11-17-29/h7-24H,5-6,25-28H2,1-4H3/b37-22+,38-34+. The minimum absolute atomic E-state index is 0.660. The van der Waals surface area contributed by atoms with Crippen molar-refractivity contribution in [2.24, 2.45) is 10.3 Å². The van der Waals surface area contributed by atoms with Gasteiger partial charge in [-0.05, 0) is 49.7 Å². The predicted molar refractivity (Wildman–Crippen MR) is 173 cm³/mol. The second-order valence-corrected chi connectivity index (χ2v) is 10.5. The second kappa shape index (κ2) is 16.2. The summed E-state index contributed by atoms with van der Waals surface area (Å²) >= 11 is 0. The first-order valence-electron chi connectivity index (χ1n) is 14.6. The lowest BCUT2D eigenvalue weighted by Crippen LogP contribution is -2.20. The Morgan fingerprint density at radius 2 is 1.14 bits per heavy atom. The van der Waals surface area contributed by atoms with Crippen LogP contribution in [0.3, 0.4) is 0 Å². The zero-order valence-corrected chi connectivity index (χ0v) is 25.2. The van der Waals surface area contributed by atoms with Crippen molar-refractivity contribution < 1.29 is 9.68 Å². The summed E-state index contributed by atoms with van der Waals surface area (Å²) in [6, 6.07) is 35.3. The van der Waals surface area contributed by atoms with E-state index >= 15 is 0 Å². The van der Waals surface area contributed by atoms with Crippen molar-refractivity contribution in [2.75, 3.05) is 14.1 Å². The van der Waals surface area contributed by atoms with Gasteiger partial charge in [0.2, 0.25) is 0 Å². The van der Waals surface area contributed by atoms with Crippen molar-refractivity contribution in [3.05, 3.63) is 131 Å². The van der Waals surface area contributed by atoms with Crippen LogP contribution in [0.25, 0.3) is 0 Å². The molecule has 0 amide bonds. The smallest absolute Gasteiger partial charge is 0.166 e. The van der Waals surface area contributed by atoms with E-state index in [2.05, 4.69) is 108 Å². The minimum Gasteiger partial charge on any atom is -0.357 e. The molecule has 4 aromatic carbocycles. The molecule has 0 atom stereocenters. The molecule has 0 fully saturated rings. The maximum absolute atomic E-state index is 6.21. The largest absolute Gasteiger partial charge is 0.357 e.